The van der Waals surface area contributed by atoms with E-state index in [-0.39, 0.29) is 11.7 Å². The van der Waals surface area contributed by atoms with E-state index in [1.165, 1.54) is 0 Å². The van der Waals surface area contributed by atoms with Crippen molar-refractivity contribution in [1.29, 1.82) is 0 Å². The molecule has 4 heteroatoms. The summed E-state index contributed by atoms with van der Waals surface area (Å²) in [5.74, 6) is -0.414. The Kier molecular flexibility index (Phi) is 3.41. The van der Waals surface area contributed by atoms with E-state index < -0.39 is 11.4 Å². The lowest BCUT2D eigenvalue weighted by atomic mass is 9.98. The fourth-order valence-electron chi connectivity index (χ4n) is 1.89. The third kappa shape index (κ3) is 2.92. The molecule has 2 unspecified atom stereocenters. The molecule has 0 heterocycles. The summed E-state index contributed by atoms with van der Waals surface area (Å²) < 4.78 is 5.91. The van der Waals surface area contributed by atoms with Gasteiger partial charge in [0.1, 0.15) is 0 Å². The van der Waals surface area contributed by atoms with Crippen LogP contribution in [0.15, 0.2) is 0 Å². The molecule has 88 valence electrons. The van der Waals surface area contributed by atoms with Crippen LogP contribution in [-0.4, -0.2) is 23.2 Å². The van der Waals surface area contributed by atoms with Gasteiger partial charge in [-0.3, -0.25) is 4.79 Å². The highest BCUT2D eigenvalue weighted by Gasteiger charge is 2.42. The first-order valence-electron chi connectivity index (χ1n) is 5.56. The quantitative estimate of drug-likeness (QED) is 0.730. The van der Waals surface area contributed by atoms with Gasteiger partial charge in [-0.25, -0.2) is 0 Å². The minimum absolute atomic E-state index is 0.0671. The van der Waals surface area contributed by atoms with Gasteiger partial charge in [0.2, 0.25) is 5.91 Å². The SMILES string of the molecule is CCC(C)(C)OC1CCC(N)(C(N)=O)C1. The van der Waals surface area contributed by atoms with Crippen LogP contribution in [0.3, 0.4) is 0 Å². The van der Waals surface area contributed by atoms with Crippen LogP contribution in [0.5, 0.6) is 0 Å². The van der Waals surface area contributed by atoms with E-state index in [4.69, 9.17) is 16.2 Å². The van der Waals surface area contributed by atoms with Crippen molar-refractivity contribution in [1.82, 2.24) is 0 Å². The average molecular weight is 214 g/mol. The maximum atomic E-state index is 11.1. The van der Waals surface area contributed by atoms with Gasteiger partial charge in [-0.15, -0.1) is 0 Å². The van der Waals surface area contributed by atoms with Crippen molar-refractivity contribution in [3.05, 3.63) is 0 Å². The third-order valence-corrected chi connectivity index (χ3v) is 3.33. The van der Waals surface area contributed by atoms with Crippen molar-refractivity contribution in [2.24, 2.45) is 11.5 Å². The topological polar surface area (TPSA) is 78.3 Å². The molecule has 0 aromatic carbocycles. The Balaban J connectivity index is 2.54. The molecule has 0 bridgehead atoms. The summed E-state index contributed by atoms with van der Waals surface area (Å²) in [4.78, 5) is 11.1. The van der Waals surface area contributed by atoms with Crippen LogP contribution in [0.4, 0.5) is 0 Å². The maximum absolute atomic E-state index is 11.1. The van der Waals surface area contributed by atoms with E-state index in [1.807, 2.05) is 13.8 Å². The lowest BCUT2D eigenvalue weighted by Gasteiger charge is -2.28. The zero-order valence-corrected chi connectivity index (χ0v) is 9.88. The predicted octanol–water partition coefficient (Wildman–Crippen LogP) is 0.927. The Morgan fingerprint density at radius 2 is 2.20 bits per heavy atom. The molecular formula is C11H22N2O2. The third-order valence-electron chi connectivity index (χ3n) is 3.33. The highest BCUT2D eigenvalue weighted by Crippen LogP contribution is 2.32. The van der Waals surface area contributed by atoms with Crippen molar-refractivity contribution in [3.63, 3.8) is 0 Å². The first-order valence-corrected chi connectivity index (χ1v) is 5.56. The zero-order chi connectivity index (χ0) is 11.7. The number of carbonyl (C=O) groups is 1. The van der Waals surface area contributed by atoms with Crippen LogP contribution in [-0.2, 0) is 9.53 Å². The number of hydrogen-bond donors (Lipinski definition) is 2. The van der Waals surface area contributed by atoms with Gasteiger partial charge in [0.25, 0.3) is 0 Å². The van der Waals surface area contributed by atoms with E-state index in [0.717, 1.165) is 12.8 Å². The number of amides is 1. The number of hydrogen-bond acceptors (Lipinski definition) is 3. The molecule has 1 amide bonds. The van der Waals surface area contributed by atoms with Crippen LogP contribution in [0, 0.1) is 0 Å². The van der Waals surface area contributed by atoms with Gasteiger partial charge < -0.3 is 16.2 Å². The number of primary amides is 1. The second-order valence-corrected chi connectivity index (χ2v) is 5.12. The first kappa shape index (κ1) is 12.5. The lowest BCUT2D eigenvalue weighted by Crippen LogP contribution is -2.50. The summed E-state index contributed by atoms with van der Waals surface area (Å²) in [6, 6.07) is 0. The molecule has 1 rings (SSSR count). The van der Waals surface area contributed by atoms with Crippen LogP contribution >= 0.6 is 0 Å². The Bertz CT molecular complexity index is 253. The van der Waals surface area contributed by atoms with Crippen molar-refractivity contribution < 1.29 is 9.53 Å². The summed E-state index contributed by atoms with van der Waals surface area (Å²) >= 11 is 0. The summed E-state index contributed by atoms with van der Waals surface area (Å²) in [7, 11) is 0. The highest BCUT2D eigenvalue weighted by molar-refractivity contribution is 5.84. The lowest BCUT2D eigenvalue weighted by molar-refractivity contribution is -0.124. The number of carbonyl (C=O) groups excluding carboxylic acids is 1. The summed E-state index contributed by atoms with van der Waals surface area (Å²) in [5, 5.41) is 0. The Labute approximate surface area is 91.3 Å². The summed E-state index contributed by atoms with van der Waals surface area (Å²) in [5.41, 5.74) is 10.2. The van der Waals surface area contributed by atoms with E-state index in [2.05, 4.69) is 6.92 Å². The smallest absolute Gasteiger partial charge is 0.237 e. The molecule has 0 radical (unpaired) electrons. The molecular weight excluding hydrogens is 192 g/mol. The van der Waals surface area contributed by atoms with Crippen LogP contribution < -0.4 is 11.5 Å². The molecule has 0 aliphatic heterocycles. The molecule has 2 atom stereocenters. The average Bonchev–Trinajstić information content (AvgIpc) is 2.48. The maximum Gasteiger partial charge on any atom is 0.237 e. The normalized spacial score (nSPS) is 31.9. The van der Waals surface area contributed by atoms with Gasteiger partial charge >= 0.3 is 0 Å². The van der Waals surface area contributed by atoms with Gasteiger partial charge in [-0.1, -0.05) is 6.92 Å². The molecule has 1 aliphatic rings. The Morgan fingerprint density at radius 3 is 2.60 bits per heavy atom. The van der Waals surface area contributed by atoms with E-state index in [9.17, 15) is 4.79 Å². The van der Waals surface area contributed by atoms with Gasteiger partial charge in [0.15, 0.2) is 0 Å². The fraction of sp³-hybridized carbons (Fsp3) is 0.909. The van der Waals surface area contributed by atoms with E-state index in [0.29, 0.717) is 12.8 Å². The summed E-state index contributed by atoms with van der Waals surface area (Å²) in [6.07, 6.45) is 3.01. The highest BCUT2D eigenvalue weighted by atomic mass is 16.5. The zero-order valence-electron chi connectivity index (χ0n) is 9.88. The Morgan fingerprint density at radius 1 is 1.60 bits per heavy atom. The van der Waals surface area contributed by atoms with Gasteiger partial charge in [0, 0.05) is 6.42 Å². The van der Waals surface area contributed by atoms with E-state index in [1.54, 1.807) is 0 Å². The Hall–Kier alpha value is -0.610. The van der Waals surface area contributed by atoms with Crippen molar-refractivity contribution >= 4 is 5.91 Å². The molecule has 4 N–H and O–H groups in total. The van der Waals surface area contributed by atoms with Crippen molar-refractivity contribution in [2.75, 3.05) is 0 Å². The standard InChI is InChI=1S/C11H22N2O2/c1-4-10(2,3)15-8-5-6-11(13,7-8)9(12)14/h8H,4-7,13H2,1-3H3,(H2,12,14). The molecule has 0 saturated heterocycles. The van der Waals surface area contributed by atoms with Gasteiger partial charge in [-0.2, -0.15) is 0 Å². The number of nitrogens with two attached hydrogens (primary N) is 2. The van der Waals surface area contributed by atoms with E-state index >= 15 is 0 Å². The number of rotatable bonds is 4. The predicted molar refractivity (Wildman–Crippen MR) is 59.2 cm³/mol. The molecule has 0 aromatic rings. The van der Waals surface area contributed by atoms with Gasteiger partial charge in [-0.05, 0) is 33.1 Å². The summed E-state index contributed by atoms with van der Waals surface area (Å²) in [6.45, 7) is 6.18. The molecule has 1 aliphatic carbocycles. The number of ether oxygens (including phenoxy) is 1. The molecule has 1 fully saturated rings. The molecule has 15 heavy (non-hydrogen) atoms. The van der Waals surface area contributed by atoms with Crippen LogP contribution in [0.2, 0.25) is 0 Å². The molecule has 1 saturated carbocycles. The van der Waals surface area contributed by atoms with Gasteiger partial charge in [0.05, 0.1) is 17.2 Å². The second kappa shape index (κ2) is 4.10. The fourth-order valence-corrected chi connectivity index (χ4v) is 1.89. The molecule has 4 nitrogen and oxygen atoms in total. The van der Waals surface area contributed by atoms with Crippen molar-refractivity contribution in [3.8, 4) is 0 Å². The monoisotopic (exact) mass is 214 g/mol. The minimum Gasteiger partial charge on any atom is -0.372 e. The first-order chi connectivity index (χ1) is 6.79. The molecule has 0 aromatic heterocycles. The second-order valence-electron chi connectivity index (χ2n) is 5.12. The van der Waals surface area contributed by atoms with Crippen LogP contribution in [0.25, 0.3) is 0 Å². The molecule has 0 spiro atoms. The minimum atomic E-state index is -0.853. The van der Waals surface area contributed by atoms with Crippen molar-refractivity contribution in [2.45, 2.75) is 63.7 Å². The largest absolute Gasteiger partial charge is 0.372 e. The van der Waals surface area contributed by atoms with Crippen LogP contribution in [0.1, 0.15) is 46.5 Å².